The minimum atomic E-state index is -9.45. The molecule has 13 heavy (non-hydrogen) atoms. The molecule has 0 heterocycles. The summed E-state index contributed by atoms with van der Waals surface area (Å²) in [6.45, 7) is 0. The van der Waals surface area contributed by atoms with Crippen LogP contribution in [-0.2, 0) is 0 Å². The normalized spacial score (nSPS) is 17.6. The van der Waals surface area contributed by atoms with E-state index in [-0.39, 0.29) is 0 Å². The molecule has 0 aliphatic carbocycles. The van der Waals surface area contributed by atoms with Crippen molar-refractivity contribution in [2.24, 2.45) is 0 Å². The fourth-order valence-electron chi connectivity index (χ4n) is 0.795. The topological polar surface area (TPSA) is 0 Å². The predicted octanol–water partition coefficient (Wildman–Crippen LogP) is 2.60. The van der Waals surface area contributed by atoms with Crippen molar-refractivity contribution in [3.8, 4) is 0 Å². The molecule has 0 aliphatic rings. The number of hydrogen-bond donors (Lipinski definition) is 0. The third kappa shape index (κ3) is 2.62. The molecule has 0 N–H and O–H groups in total. The first kappa shape index (κ1) is 10.4. The minimum Gasteiger partial charge on any atom is -0.0936 e. The molecule has 0 nitrogen and oxygen atoms in total. The van der Waals surface area contributed by atoms with Crippen LogP contribution in [0.4, 0.5) is 19.4 Å². The molecule has 0 saturated carbocycles. The lowest BCUT2D eigenvalue weighted by Crippen LogP contribution is -2.08. The molecule has 0 aliphatic heterocycles. The molecule has 1 aromatic carbocycles. The van der Waals surface area contributed by atoms with Crippen LogP contribution in [0.15, 0.2) is 29.2 Å². The van der Waals surface area contributed by atoms with Crippen LogP contribution in [0.2, 0.25) is 0 Å². The Bertz CT molecular complexity index is 325. The molecule has 0 atom stereocenters. The van der Waals surface area contributed by atoms with Gasteiger partial charge in [-0.3, -0.25) is 0 Å². The highest BCUT2D eigenvalue weighted by molar-refractivity contribution is 8.45. The fraction of sp³-hybridized carbons (Fsp3) is 0. The van der Waals surface area contributed by atoms with E-state index in [4.69, 9.17) is 0 Å². The monoisotopic (exact) mass is 216 g/mol. The fourth-order valence-corrected chi connectivity index (χ4v) is 1.45. The Labute approximate surface area is 72.9 Å². The van der Waals surface area contributed by atoms with E-state index in [1.165, 1.54) is 7.85 Å². The van der Waals surface area contributed by atoms with Crippen LogP contribution in [0.1, 0.15) is 0 Å². The first-order valence-electron chi connectivity index (χ1n) is 3.30. The smallest absolute Gasteiger partial charge is 0.0936 e. The minimum absolute atomic E-state index is 0.400. The summed E-state index contributed by atoms with van der Waals surface area (Å²) >= 11 is 0. The Kier molecular flexibility index (Phi) is 1.61. The first-order valence-corrected chi connectivity index (χ1v) is 5.25. The molecule has 1 rings (SSSR count). The second-order valence-electron chi connectivity index (χ2n) is 2.78. The van der Waals surface area contributed by atoms with Crippen LogP contribution in [0.3, 0.4) is 0 Å². The van der Waals surface area contributed by atoms with Crippen molar-refractivity contribution in [1.82, 2.24) is 0 Å². The van der Waals surface area contributed by atoms with E-state index >= 15 is 0 Å². The molecule has 0 aromatic heterocycles. The Morgan fingerprint density at radius 3 is 1.54 bits per heavy atom. The largest absolute Gasteiger partial charge is 0.310 e. The highest BCUT2D eigenvalue weighted by Crippen LogP contribution is 3.02. The molecule has 74 valence electrons. The van der Waals surface area contributed by atoms with Crippen molar-refractivity contribution >= 4 is 23.5 Å². The zero-order valence-corrected chi connectivity index (χ0v) is 7.42. The molecule has 0 saturated heterocycles. The molecule has 0 amide bonds. The lowest BCUT2D eigenvalue weighted by Gasteiger charge is -2.40. The summed E-state index contributed by atoms with van der Waals surface area (Å²) in [5, 5.41) is 0. The van der Waals surface area contributed by atoms with Crippen LogP contribution < -0.4 is 5.46 Å². The standard InChI is InChI=1S/C6H6BF5S/c7-5-1-3-6(4-2-5)13(8,9,10,11)12/h1-4H,7H2. The van der Waals surface area contributed by atoms with Crippen LogP contribution >= 0.6 is 10.2 Å². The summed E-state index contributed by atoms with van der Waals surface area (Å²) in [6.07, 6.45) is 0. The summed E-state index contributed by atoms with van der Waals surface area (Å²) in [7, 11) is -7.93. The van der Waals surface area contributed by atoms with Crippen LogP contribution in [0.25, 0.3) is 0 Å². The van der Waals surface area contributed by atoms with Crippen molar-refractivity contribution in [2.45, 2.75) is 4.90 Å². The molecule has 7 heteroatoms. The van der Waals surface area contributed by atoms with Gasteiger partial charge in [-0.1, -0.05) is 37.0 Å². The van der Waals surface area contributed by atoms with Crippen molar-refractivity contribution in [2.75, 3.05) is 0 Å². The first-order chi connectivity index (χ1) is 5.49. The van der Waals surface area contributed by atoms with Crippen molar-refractivity contribution in [3.63, 3.8) is 0 Å². The maximum Gasteiger partial charge on any atom is 0.310 e. The van der Waals surface area contributed by atoms with Gasteiger partial charge in [-0.25, -0.2) is 0 Å². The number of halogens is 5. The van der Waals surface area contributed by atoms with Gasteiger partial charge in [-0.2, -0.15) is 0 Å². The van der Waals surface area contributed by atoms with E-state index in [1.54, 1.807) is 0 Å². The maximum atomic E-state index is 12.1. The van der Waals surface area contributed by atoms with Crippen LogP contribution in [0, 0.1) is 0 Å². The Morgan fingerprint density at radius 1 is 0.846 bits per heavy atom. The second kappa shape index (κ2) is 2.02. The zero-order chi connectivity index (χ0) is 10.4. The zero-order valence-electron chi connectivity index (χ0n) is 6.61. The predicted molar refractivity (Wildman–Crippen MR) is 46.0 cm³/mol. The summed E-state index contributed by atoms with van der Waals surface area (Å²) in [4.78, 5) is -1.84. The number of rotatable bonds is 1. The van der Waals surface area contributed by atoms with Crippen molar-refractivity contribution < 1.29 is 19.4 Å². The summed E-state index contributed by atoms with van der Waals surface area (Å²) < 4.78 is 60.4. The van der Waals surface area contributed by atoms with E-state index in [0.717, 1.165) is 12.1 Å². The molecule has 0 radical (unpaired) electrons. The second-order valence-corrected chi connectivity index (χ2v) is 5.19. The van der Waals surface area contributed by atoms with Crippen molar-refractivity contribution in [3.05, 3.63) is 24.3 Å². The van der Waals surface area contributed by atoms with E-state index < -0.39 is 15.1 Å². The number of benzene rings is 1. The molecule has 1 aromatic rings. The third-order valence-electron chi connectivity index (χ3n) is 1.47. The summed E-state index contributed by atoms with van der Waals surface area (Å²) in [6, 6.07) is 2.81. The van der Waals surface area contributed by atoms with Gasteiger partial charge in [0.2, 0.25) is 0 Å². The lowest BCUT2D eigenvalue weighted by atomic mass is 9.97. The highest BCUT2D eigenvalue weighted by Gasteiger charge is 2.65. The summed E-state index contributed by atoms with van der Waals surface area (Å²) in [5.41, 5.74) is 0.505. The van der Waals surface area contributed by atoms with E-state index in [1.807, 2.05) is 0 Å². The Balaban J connectivity index is 3.34. The van der Waals surface area contributed by atoms with Crippen LogP contribution in [-0.4, -0.2) is 7.85 Å². The van der Waals surface area contributed by atoms with Gasteiger partial charge in [0.1, 0.15) is 12.7 Å². The molecule has 0 unspecified atom stereocenters. The van der Waals surface area contributed by atoms with Gasteiger partial charge in [0.15, 0.2) is 0 Å². The SMILES string of the molecule is Bc1ccc(S(F)(F)(F)(F)F)cc1. The van der Waals surface area contributed by atoms with E-state index in [9.17, 15) is 19.4 Å². The van der Waals surface area contributed by atoms with Crippen molar-refractivity contribution in [1.29, 1.82) is 0 Å². The van der Waals surface area contributed by atoms with Gasteiger partial charge >= 0.3 is 10.2 Å². The molecular weight excluding hydrogens is 210 g/mol. The molecule has 0 bridgehead atoms. The molecular formula is C6H6BF5S. The van der Waals surface area contributed by atoms with Gasteiger partial charge < -0.3 is 0 Å². The van der Waals surface area contributed by atoms with Gasteiger partial charge in [0.25, 0.3) is 0 Å². The van der Waals surface area contributed by atoms with Gasteiger partial charge in [0, 0.05) is 0 Å². The Hall–Kier alpha value is -0.715. The highest BCUT2D eigenvalue weighted by atomic mass is 32.5. The lowest BCUT2D eigenvalue weighted by molar-refractivity contribution is 0.364. The van der Waals surface area contributed by atoms with E-state index in [2.05, 4.69) is 0 Å². The van der Waals surface area contributed by atoms with Gasteiger partial charge in [0.05, 0.1) is 0 Å². The van der Waals surface area contributed by atoms with E-state index in [0.29, 0.717) is 17.6 Å². The maximum absolute atomic E-state index is 12.1. The third-order valence-corrected chi connectivity index (χ3v) is 2.63. The van der Waals surface area contributed by atoms with Gasteiger partial charge in [-0.15, -0.1) is 0 Å². The molecule has 0 fully saturated rings. The number of hydrogen-bond acceptors (Lipinski definition) is 0. The van der Waals surface area contributed by atoms with Crippen LogP contribution in [0.5, 0.6) is 0 Å². The average Bonchev–Trinajstić information content (AvgIpc) is 1.82. The summed E-state index contributed by atoms with van der Waals surface area (Å²) in [5.74, 6) is 0. The average molecular weight is 216 g/mol. The quantitative estimate of drug-likeness (QED) is 0.499. The molecule has 0 spiro atoms. The Morgan fingerprint density at radius 2 is 1.23 bits per heavy atom. The van der Waals surface area contributed by atoms with Gasteiger partial charge in [-0.05, 0) is 12.1 Å².